The highest BCUT2D eigenvalue weighted by Gasteiger charge is 2.32. The van der Waals surface area contributed by atoms with Gasteiger partial charge in [0.25, 0.3) is 5.91 Å². The van der Waals surface area contributed by atoms with Crippen LogP contribution >= 0.6 is 67.3 Å². The van der Waals surface area contributed by atoms with E-state index in [4.69, 9.17) is 49.6 Å². The summed E-state index contributed by atoms with van der Waals surface area (Å²) in [6.07, 6.45) is 1.49. The van der Waals surface area contributed by atoms with Crippen LogP contribution in [0.25, 0.3) is 0 Å². The number of allylic oxidation sites excluding steroid dienone is 1. The van der Waals surface area contributed by atoms with Crippen LogP contribution in [0.3, 0.4) is 0 Å². The molecular weight excluding hydrogens is 759 g/mol. The third-order valence-corrected chi connectivity index (χ3v) is 8.28. The molecule has 0 aromatic heterocycles. The zero-order chi connectivity index (χ0) is 31.8. The van der Waals surface area contributed by atoms with Crippen LogP contribution in [-0.4, -0.2) is 36.4 Å². The number of ether oxygens (including phenoxy) is 3. The average molecular weight is 785 g/mol. The quantitative estimate of drug-likeness (QED) is 0.0828. The van der Waals surface area contributed by atoms with Crippen molar-refractivity contribution >= 4 is 90.5 Å². The average Bonchev–Trinajstić information content (AvgIpc) is 2.97. The first-order valence-corrected chi connectivity index (χ1v) is 15.9. The molecule has 3 N–H and O–H groups in total. The number of rotatable bonds is 11. The van der Waals surface area contributed by atoms with Gasteiger partial charge in [0.2, 0.25) is 0 Å². The number of carbonyl (C=O) groups excluding carboxylic acids is 2. The minimum Gasteiger partial charge on any atom is -0.487 e. The van der Waals surface area contributed by atoms with E-state index in [1.54, 1.807) is 62.4 Å². The first-order valence-electron chi connectivity index (χ1n) is 13.1. The van der Waals surface area contributed by atoms with E-state index in [0.29, 0.717) is 58.0 Å². The van der Waals surface area contributed by atoms with Crippen molar-refractivity contribution in [2.75, 3.05) is 13.2 Å². The number of nitrogens with one attached hydrogen (secondary N) is 3. The lowest BCUT2D eigenvalue weighted by atomic mass is 9.95. The number of hydrogen-bond acceptors (Lipinski definition) is 7. The summed E-state index contributed by atoms with van der Waals surface area (Å²) in [7, 11) is 0. The zero-order valence-corrected chi connectivity index (χ0v) is 28.9. The molecule has 0 bridgehead atoms. The van der Waals surface area contributed by atoms with Crippen molar-refractivity contribution in [1.82, 2.24) is 16.1 Å². The number of hydrogen-bond donors (Lipinski definition) is 3. The van der Waals surface area contributed by atoms with E-state index >= 15 is 0 Å². The molecule has 0 unspecified atom stereocenters. The Morgan fingerprint density at radius 2 is 1.80 bits per heavy atom. The van der Waals surface area contributed by atoms with Gasteiger partial charge in [0.1, 0.15) is 18.1 Å². The van der Waals surface area contributed by atoms with E-state index in [9.17, 15) is 9.59 Å². The Labute approximate surface area is 286 Å². The summed E-state index contributed by atoms with van der Waals surface area (Å²) >= 11 is 24.4. The smallest absolute Gasteiger partial charge is 0.338 e. The van der Waals surface area contributed by atoms with E-state index in [2.05, 4.69) is 53.0 Å². The highest BCUT2D eigenvalue weighted by molar-refractivity contribution is 9.11. The van der Waals surface area contributed by atoms with Crippen molar-refractivity contribution in [3.8, 4) is 11.5 Å². The molecule has 0 saturated heterocycles. The van der Waals surface area contributed by atoms with Crippen molar-refractivity contribution in [3.05, 3.63) is 102 Å². The Balaban J connectivity index is 1.37. The Morgan fingerprint density at radius 3 is 2.50 bits per heavy atom. The Kier molecular flexibility index (Phi) is 12.0. The second kappa shape index (κ2) is 15.7. The molecule has 9 nitrogen and oxygen atoms in total. The van der Waals surface area contributed by atoms with Gasteiger partial charge in [-0.3, -0.25) is 4.79 Å². The molecule has 1 aliphatic rings. The maximum atomic E-state index is 12.7. The van der Waals surface area contributed by atoms with Crippen LogP contribution in [0.2, 0.25) is 10.0 Å². The van der Waals surface area contributed by atoms with Crippen LogP contribution in [0.1, 0.15) is 36.6 Å². The van der Waals surface area contributed by atoms with E-state index in [1.165, 1.54) is 6.21 Å². The van der Waals surface area contributed by atoms with Gasteiger partial charge in [-0.15, -0.1) is 0 Å². The van der Waals surface area contributed by atoms with Crippen molar-refractivity contribution in [3.63, 3.8) is 0 Å². The molecule has 3 aromatic rings. The summed E-state index contributed by atoms with van der Waals surface area (Å²) in [5, 5.41) is 11.4. The van der Waals surface area contributed by atoms with Crippen molar-refractivity contribution in [2.45, 2.75) is 26.5 Å². The van der Waals surface area contributed by atoms with Crippen LogP contribution in [0.5, 0.6) is 11.5 Å². The van der Waals surface area contributed by atoms with Gasteiger partial charge >= 0.3 is 5.97 Å². The molecule has 14 heteroatoms. The standard InChI is InChI=1S/C30H26Br2Cl2N4O5S/c1-3-41-29(40)26-16(2)36-30(44)37-27(26)19-6-4-5-7-24(19)42-15-25(39)38-35-13-18-10-20(31)28(21(32)11-18)43-14-17-8-9-22(33)23(34)12-17/h4-13,27H,3,14-15H2,1-2H3,(H,38,39)(H2,36,37,44)/t27-/m0/s1. The number of para-hydroxylation sites is 1. The van der Waals surface area contributed by atoms with Gasteiger partial charge < -0.3 is 24.8 Å². The molecule has 1 heterocycles. The van der Waals surface area contributed by atoms with Gasteiger partial charge in [-0.05, 0) is 99.4 Å². The number of amides is 1. The number of carbonyl (C=O) groups is 2. The van der Waals surface area contributed by atoms with Crippen LogP contribution < -0.4 is 25.5 Å². The Morgan fingerprint density at radius 1 is 1.07 bits per heavy atom. The summed E-state index contributed by atoms with van der Waals surface area (Å²) in [4.78, 5) is 25.3. The molecule has 1 amide bonds. The zero-order valence-electron chi connectivity index (χ0n) is 23.4. The van der Waals surface area contributed by atoms with E-state index in [1.807, 2.05) is 6.07 Å². The highest BCUT2D eigenvalue weighted by Crippen LogP contribution is 2.36. The monoisotopic (exact) mass is 782 g/mol. The fraction of sp³-hybridized carbons (Fsp3) is 0.200. The molecule has 1 atom stereocenters. The fourth-order valence-electron chi connectivity index (χ4n) is 4.19. The summed E-state index contributed by atoms with van der Waals surface area (Å²) in [6, 6.07) is 15.3. The molecule has 0 saturated carbocycles. The van der Waals surface area contributed by atoms with Gasteiger partial charge in [0.15, 0.2) is 11.7 Å². The van der Waals surface area contributed by atoms with Crippen molar-refractivity contribution in [1.29, 1.82) is 0 Å². The Hall–Kier alpha value is -3.16. The topological polar surface area (TPSA) is 110 Å². The maximum absolute atomic E-state index is 12.7. The third kappa shape index (κ3) is 8.72. The van der Waals surface area contributed by atoms with Crippen molar-refractivity contribution in [2.24, 2.45) is 5.10 Å². The molecule has 4 rings (SSSR count). The number of benzene rings is 3. The van der Waals surface area contributed by atoms with Crippen LogP contribution in [0, 0.1) is 0 Å². The number of hydrazone groups is 1. The Bertz CT molecular complexity index is 1630. The van der Waals surface area contributed by atoms with E-state index in [0.717, 1.165) is 5.56 Å². The van der Waals surface area contributed by atoms with Crippen LogP contribution in [0.4, 0.5) is 0 Å². The first kappa shape index (κ1) is 33.7. The van der Waals surface area contributed by atoms with Gasteiger partial charge in [-0.1, -0.05) is 47.5 Å². The van der Waals surface area contributed by atoms with Gasteiger partial charge in [0, 0.05) is 11.3 Å². The molecule has 230 valence electrons. The lowest BCUT2D eigenvalue weighted by Gasteiger charge is -2.30. The summed E-state index contributed by atoms with van der Waals surface area (Å²) in [5.74, 6) is 0.0165. The minimum atomic E-state index is -0.632. The van der Waals surface area contributed by atoms with Gasteiger partial charge in [-0.25, -0.2) is 10.2 Å². The van der Waals surface area contributed by atoms with Gasteiger partial charge in [0.05, 0.1) is 43.4 Å². The molecule has 0 spiro atoms. The lowest BCUT2D eigenvalue weighted by Crippen LogP contribution is -2.45. The highest BCUT2D eigenvalue weighted by atomic mass is 79.9. The van der Waals surface area contributed by atoms with E-state index < -0.39 is 17.9 Å². The maximum Gasteiger partial charge on any atom is 0.338 e. The van der Waals surface area contributed by atoms with Crippen LogP contribution in [0.15, 0.2) is 79.9 Å². The predicted molar refractivity (Wildman–Crippen MR) is 181 cm³/mol. The summed E-state index contributed by atoms with van der Waals surface area (Å²) in [5.41, 5.74) is 5.57. The van der Waals surface area contributed by atoms with Crippen molar-refractivity contribution < 1.29 is 23.8 Å². The molecule has 0 aliphatic carbocycles. The predicted octanol–water partition coefficient (Wildman–Crippen LogP) is 6.98. The molecule has 0 fully saturated rings. The number of nitrogens with zero attached hydrogens (tertiary/aromatic N) is 1. The molecule has 1 aliphatic heterocycles. The second-order valence-electron chi connectivity index (χ2n) is 9.26. The SMILES string of the molecule is CCOC(=O)C1=C(C)NC(=S)N[C@H]1c1ccccc1OCC(=O)NN=Cc1cc(Br)c(OCc2ccc(Cl)c(Cl)c2)c(Br)c1. The largest absolute Gasteiger partial charge is 0.487 e. The number of halogens is 4. The number of thiocarbonyl (C=S) groups is 1. The van der Waals surface area contributed by atoms with Crippen LogP contribution in [-0.2, 0) is 20.9 Å². The lowest BCUT2D eigenvalue weighted by molar-refractivity contribution is -0.139. The van der Waals surface area contributed by atoms with Gasteiger partial charge in [-0.2, -0.15) is 5.10 Å². The molecule has 3 aromatic carbocycles. The summed E-state index contributed by atoms with van der Waals surface area (Å²) < 4.78 is 18.4. The third-order valence-electron chi connectivity index (χ3n) is 6.14. The normalized spacial score (nSPS) is 14.6. The first-order chi connectivity index (χ1) is 21.1. The molecule has 44 heavy (non-hydrogen) atoms. The fourth-order valence-corrected chi connectivity index (χ4v) is 6.23. The molecule has 0 radical (unpaired) electrons. The minimum absolute atomic E-state index is 0.220. The molecular formula is C30H26Br2Cl2N4O5S. The second-order valence-corrected chi connectivity index (χ2v) is 12.2. The van der Waals surface area contributed by atoms with E-state index in [-0.39, 0.29) is 19.8 Å². The number of esters is 1. The summed E-state index contributed by atoms with van der Waals surface area (Å²) in [6.45, 7) is 3.66.